The number of carboxylic acids is 2. The highest BCUT2D eigenvalue weighted by molar-refractivity contribution is 7.94. The molecule has 2 heterocycles. The maximum absolute atomic E-state index is 12.7. The number of carbonyl (C=O) groups is 4. The van der Waals surface area contributed by atoms with Crippen molar-refractivity contribution in [3.05, 3.63) is 84.8 Å². The average Bonchev–Trinajstić information content (AvgIpc) is 3.66. The molecule has 25 nitrogen and oxygen atoms in total. The lowest BCUT2D eigenvalue weighted by atomic mass is 10.1. The number of urea groups is 1. The predicted octanol–water partition coefficient (Wildman–Crippen LogP) is 2.87. The van der Waals surface area contributed by atoms with Crippen LogP contribution in [0.15, 0.2) is 52.7 Å². The third-order valence-corrected chi connectivity index (χ3v) is 10.1. The van der Waals surface area contributed by atoms with Gasteiger partial charge in [0.05, 0.1) is 60.5 Å². The summed E-state index contributed by atoms with van der Waals surface area (Å²) in [6, 6.07) is 4.95. The minimum absolute atomic E-state index is 0.0633. The summed E-state index contributed by atoms with van der Waals surface area (Å²) in [6.07, 6.45) is 1.94. The fraction of sp³-hybridized carbons (Fsp3) is 0.281. The fourth-order valence-electron chi connectivity index (χ4n) is 3.91. The molecule has 7 N–H and O–H groups in total. The number of methoxy groups -OCH3 is 1. The highest BCUT2D eigenvalue weighted by atomic mass is 35.5. The number of nitrogens with one attached hydrogen (secondary N) is 4. The van der Waals surface area contributed by atoms with Gasteiger partial charge >= 0.3 is 30.2 Å². The second-order valence-electron chi connectivity index (χ2n) is 12.4. The lowest BCUT2D eigenvalue weighted by Gasteiger charge is -2.14. The lowest BCUT2D eigenvalue weighted by molar-refractivity contribution is -0.385. The fourth-order valence-corrected chi connectivity index (χ4v) is 7.14. The molecule has 364 valence electrons. The number of carbonyl (C=O) groups excluding carboxylic acids is 2. The first kappa shape index (κ1) is 58.3. The number of aromatic nitrogens is 3. The number of amides is 3. The number of rotatable bonds is 14. The zero-order chi connectivity index (χ0) is 51.0. The number of benzene rings is 2. The number of nitro benzene ring substituents is 1. The van der Waals surface area contributed by atoms with Crippen molar-refractivity contribution in [3.63, 3.8) is 0 Å². The highest BCUT2D eigenvalue weighted by Gasteiger charge is 2.31. The van der Waals surface area contributed by atoms with E-state index >= 15 is 0 Å². The van der Waals surface area contributed by atoms with Gasteiger partial charge in [0.1, 0.15) is 40.3 Å². The van der Waals surface area contributed by atoms with Crippen molar-refractivity contribution >= 4 is 97.0 Å². The van der Waals surface area contributed by atoms with E-state index in [1.807, 2.05) is 5.32 Å². The van der Waals surface area contributed by atoms with Crippen molar-refractivity contribution in [1.29, 1.82) is 0 Å². The number of nitro groups is 1. The predicted molar refractivity (Wildman–Crippen MR) is 229 cm³/mol. The van der Waals surface area contributed by atoms with Crippen LogP contribution in [0.25, 0.3) is 0 Å². The van der Waals surface area contributed by atoms with E-state index in [-0.39, 0.29) is 29.3 Å². The van der Waals surface area contributed by atoms with Crippen LogP contribution in [0.3, 0.4) is 0 Å². The highest BCUT2D eigenvalue weighted by Crippen LogP contribution is 2.37. The van der Waals surface area contributed by atoms with Crippen molar-refractivity contribution in [3.8, 4) is 17.5 Å². The maximum atomic E-state index is 12.7. The number of aliphatic carboxylic acids is 1. The van der Waals surface area contributed by atoms with Crippen LogP contribution in [0, 0.1) is 17.0 Å². The zero-order valence-corrected chi connectivity index (χ0v) is 39.4. The molecule has 0 aliphatic heterocycles. The summed E-state index contributed by atoms with van der Waals surface area (Å²) in [5.74, 6) is -4.25. The van der Waals surface area contributed by atoms with Crippen LogP contribution in [-0.4, -0.2) is 121 Å². The van der Waals surface area contributed by atoms with Gasteiger partial charge in [0.15, 0.2) is 0 Å². The Morgan fingerprint density at radius 2 is 1.61 bits per heavy atom. The molecule has 66 heavy (non-hydrogen) atoms. The molecule has 1 unspecified atom stereocenters. The summed E-state index contributed by atoms with van der Waals surface area (Å²) in [7, 11) is -10.8. The van der Waals surface area contributed by atoms with Gasteiger partial charge in [-0.15, -0.1) is 11.3 Å². The topological polar surface area (TPSA) is 386 Å². The van der Waals surface area contributed by atoms with E-state index in [4.69, 9.17) is 36.2 Å². The standard InChI is InChI=1S/C15H10ClF3N2O6S.C11H11N5O6S2.C3H8NO5P.C3H9S/c1-28(25,26)20-14(22)10-7-9(3-4-12(10)21(23)24)27-13-5-2-8(6-11(13)16)15(17,18)19;1-5-12-9(15-11(13-5)22-2)14-10(19)16-24(20,21)6-3-4-23-7(6)8(17)18;5-3(6)1-4-2-10(7,8)9;1-4(2)3/h2-7H,1H3,(H,20,22);3-4H,1-2H3,(H,17,18)(H2,12,13,14,15,16,19);4H,1-2H2,(H,5,6)(H2,7,8,9);1-3H3/q;;;+1/p-1. The van der Waals surface area contributed by atoms with Crippen molar-refractivity contribution in [2.75, 3.05) is 50.3 Å². The van der Waals surface area contributed by atoms with Crippen LogP contribution in [0.1, 0.15) is 31.4 Å². The van der Waals surface area contributed by atoms with E-state index < -0.39 is 107 Å². The summed E-state index contributed by atoms with van der Waals surface area (Å²) in [5, 5.41) is 33.0. The number of nitrogens with zero attached hydrogens (tertiary/aromatic N) is 4. The van der Waals surface area contributed by atoms with E-state index in [1.165, 1.54) is 19.4 Å². The van der Waals surface area contributed by atoms with Crippen molar-refractivity contribution in [1.82, 2.24) is 29.7 Å². The molecule has 4 aromatic rings. The summed E-state index contributed by atoms with van der Waals surface area (Å²) < 4.78 is 108. The second kappa shape index (κ2) is 25.3. The lowest BCUT2D eigenvalue weighted by Crippen LogP contribution is -2.35. The van der Waals surface area contributed by atoms with E-state index in [0.717, 1.165) is 41.7 Å². The molecular formula is C32H37ClF3N8O17PS4. The second-order valence-corrected chi connectivity index (χ2v) is 21.2. The number of anilines is 1. The quantitative estimate of drug-likeness (QED) is 0.0413. The summed E-state index contributed by atoms with van der Waals surface area (Å²) in [4.78, 5) is 83.2. The number of thiophene rings is 1. The molecule has 34 heteroatoms. The van der Waals surface area contributed by atoms with Gasteiger partial charge in [0.25, 0.3) is 21.6 Å². The zero-order valence-electron chi connectivity index (χ0n) is 34.5. The molecule has 0 bridgehead atoms. The van der Waals surface area contributed by atoms with Gasteiger partial charge in [-0.25, -0.2) is 35.9 Å². The molecular weight excluding hydrogens is 1020 g/mol. The Bertz CT molecular complexity index is 2670. The van der Waals surface area contributed by atoms with E-state index in [2.05, 4.69) is 39.0 Å². The van der Waals surface area contributed by atoms with Crippen LogP contribution in [0.5, 0.6) is 17.5 Å². The Balaban J connectivity index is 0.000000517. The number of aromatic carboxylic acids is 1. The molecule has 2 aromatic carbocycles. The summed E-state index contributed by atoms with van der Waals surface area (Å²) >= 11 is 6.49. The molecule has 0 saturated heterocycles. The molecule has 0 spiro atoms. The van der Waals surface area contributed by atoms with Crippen LogP contribution < -0.4 is 34.4 Å². The number of alkyl halides is 3. The minimum atomic E-state index is -4.62. The van der Waals surface area contributed by atoms with Gasteiger partial charge < -0.3 is 34.0 Å². The number of hydrogen-bond acceptors (Lipinski definition) is 19. The molecule has 3 amide bonds. The SMILES string of the molecule is COc1nc(C)nc(NC(=O)NS(=O)(=O)c2ccsc2C(=O)O)n1.CS(=O)(=O)NC(=O)c1cc(Oc2ccc(C(F)(F)F)cc2Cl)ccc1[N+](=O)[O-].C[S+](C)C.O=C(O)CNCP(=O)([O-])O. The van der Waals surface area contributed by atoms with E-state index in [0.29, 0.717) is 29.3 Å². The third kappa shape index (κ3) is 22.0. The Kier molecular flexibility index (Phi) is 22.3. The molecule has 0 aliphatic carbocycles. The number of aryl methyl sites for hydroxylation is 1. The summed E-state index contributed by atoms with van der Waals surface area (Å²) in [5.41, 5.74) is -2.34. The number of carboxylic acid groups (broad SMARTS) is 2. The van der Waals surface area contributed by atoms with Crippen LogP contribution in [-0.2, 0) is 46.5 Å². The molecule has 0 saturated carbocycles. The van der Waals surface area contributed by atoms with Gasteiger partial charge in [-0.3, -0.25) is 30.3 Å². The monoisotopic (exact) mass is 1060 g/mol. The molecule has 1 atom stereocenters. The van der Waals surface area contributed by atoms with Gasteiger partial charge in [-0.2, -0.15) is 28.1 Å². The van der Waals surface area contributed by atoms with Crippen molar-refractivity contribution in [2.24, 2.45) is 0 Å². The molecule has 4 rings (SSSR count). The number of ether oxygens (including phenoxy) is 2. The number of hydrogen-bond donors (Lipinski definition) is 7. The van der Waals surface area contributed by atoms with Crippen LogP contribution >= 0.6 is 30.5 Å². The van der Waals surface area contributed by atoms with Gasteiger partial charge in [0.2, 0.25) is 16.0 Å². The van der Waals surface area contributed by atoms with Gasteiger partial charge in [-0.1, -0.05) is 11.6 Å². The molecule has 0 fully saturated rings. The van der Waals surface area contributed by atoms with Crippen molar-refractivity contribution in [2.45, 2.75) is 18.0 Å². The minimum Gasteiger partial charge on any atom is -0.778 e. The average molecular weight is 1060 g/mol. The first-order chi connectivity index (χ1) is 30.1. The third-order valence-electron chi connectivity index (χ3n) is 6.24. The molecule has 0 aliphatic rings. The molecule has 0 radical (unpaired) electrons. The van der Waals surface area contributed by atoms with Gasteiger partial charge in [0, 0.05) is 12.1 Å². The normalized spacial score (nSPS) is 12.0. The van der Waals surface area contributed by atoms with Crippen LogP contribution in [0.4, 0.5) is 29.6 Å². The van der Waals surface area contributed by atoms with E-state index in [1.54, 1.807) is 9.44 Å². The Morgan fingerprint density at radius 3 is 2.09 bits per heavy atom. The Hall–Kier alpha value is -5.73. The molecule has 2 aromatic heterocycles. The van der Waals surface area contributed by atoms with Crippen molar-refractivity contribution < 1.29 is 88.1 Å². The Labute approximate surface area is 383 Å². The Morgan fingerprint density at radius 1 is 1.00 bits per heavy atom. The summed E-state index contributed by atoms with van der Waals surface area (Å²) in [6.45, 7) is 1.04. The van der Waals surface area contributed by atoms with E-state index in [9.17, 15) is 68.8 Å². The number of sulfonamides is 2. The first-order valence-corrected chi connectivity index (χ1v) is 25.7. The largest absolute Gasteiger partial charge is 0.778 e. The van der Waals surface area contributed by atoms with Gasteiger partial charge in [-0.05, 0) is 53.5 Å². The van der Waals surface area contributed by atoms with Crippen LogP contribution in [0.2, 0.25) is 5.02 Å². The smallest absolute Gasteiger partial charge is 0.416 e. The number of halogens is 4. The maximum Gasteiger partial charge on any atom is 0.416 e. The first-order valence-electron chi connectivity index (χ1n) is 16.9.